The summed E-state index contributed by atoms with van der Waals surface area (Å²) in [7, 11) is 3.30. The molecule has 0 bridgehead atoms. The molecule has 4 rings (SSSR count). The molecule has 168 valence electrons. The minimum Gasteiger partial charge on any atom is -0.492 e. The number of hydrogen-bond acceptors (Lipinski definition) is 6. The van der Waals surface area contributed by atoms with E-state index in [1.807, 2.05) is 36.4 Å². The summed E-state index contributed by atoms with van der Waals surface area (Å²) in [6, 6.07) is 11.9. The molecule has 2 amide bonds. The molecule has 2 aliphatic rings. The van der Waals surface area contributed by atoms with Gasteiger partial charge in [-0.25, -0.2) is 5.43 Å². The topological polar surface area (TPSA) is 89.5 Å². The number of nitrogens with zero attached hydrogens (tertiary/aromatic N) is 2. The van der Waals surface area contributed by atoms with Crippen LogP contribution in [-0.2, 0) is 16.0 Å². The Morgan fingerprint density at radius 3 is 2.78 bits per heavy atom. The van der Waals surface area contributed by atoms with E-state index in [0.29, 0.717) is 35.8 Å². The average molecular weight is 437 g/mol. The molecule has 8 heteroatoms. The van der Waals surface area contributed by atoms with Crippen molar-refractivity contribution in [3.05, 3.63) is 53.1 Å². The average Bonchev–Trinajstić information content (AvgIpc) is 3.47. The molecule has 0 spiro atoms. The Bertz CT molecular complexity index is 1040. The van der Waals surface area contributed by atoms with Crippen molar-refractivity contribution in [3.8, 4) is 17.2 Å². The molecule has 2 atom stereocenters. The zero-order valence-corrected chi connectivity index (χ0v) is 18.5. The maximum absolute atomic E-state index is 12.6. The molecule has 1 fully saturated rings. The Balaban J connectivity index is 1.49. The minimum absolute atomic E-state index is 0.0161. The zero-order valence-electron chi connectivity index (χ0n) is 18.5. The number of nitrogens with one attached hydrogen (secondary N) is 1. The molecule has 0 aromatic heterocycles. The third-order valence-electron chi connectivity index (χ3n) is 5.93. The highest BCUT2D eigenvalue weighted by atomic mass is 16.7. The van der Waals surface area contributed by atoms with Crippen LogP contribution in [0.5, 0.6) is 17.2 Å². The number of carbonyl (C=O) groups excluding carboxylic acids is 2. The van der Waals surface area contributed by atoms with E-state index in [1.165, 1.54) is 12.5 Å². The van der Waals surface area contributed by atoms with Crippen molar-refractivity contribution >= 4 is 18.0 Å². The first-order valence-electron chi connectivity index (χ1n) is 10.6. The highest BCUT2D eigenvalue weighted by Crippen LogP contribution is 2.47. The van der Waals surface area contributed by atoms with Crippen molar-refractivity contribution in [1.82, 2.24) is 10.3 Å². The predicted molar refractivity (Wildman–Crippen MR) is 119 cm³/mol. The van der Waals surface area contributed by atoms with E-state index in [4.69, 9.17) is 14.2 Å². The number of benzene rings is 2. The van der Waals surface area contributed by atoms with Gasteiger partial charge >= 0.3 is 0 Å². The minimum atomic E-state index is -0.104. The van der Waals surface area contributed by atoms with Gasteiger partial charge in [-0.1, -0.05) is 30.3 Å². The van der Waals surface area contributed by atoms with Gasteiger partial charge in [-0.05, 0) is 36.0 Å². The van der Waals surface area contributed by atoms with E-state index in [2.05, 4.69) is 10.5 Å². The fourth-order valence-corrected chi connectivity index (χ4v) is 3.87. The Hall–Kier alpha value is -3.55. The van der Waals surface area contributed by atoms with Crippen molar-refractivity contribution in [3.63, 3.8) is 0 Å². The molecule has 1 aliphatic heterocycles. The van der Waals surface area contributed by atoms with Gasteiger partial charge in [-0.2, -0.15) is 5.10 Å². The number of hydrazone groups is 1. The molecule has 1 heterocycles. The molecule has 8 nitrogen and oxygen atoms in total. The molecule has 1 aliphatic carbocycles. The molecule has 2 aromatic carbocycles. The molecule has 2 aromatic rings. The summed E-state index contributed by atoms with van der Waals surface area (Å²) >= 11 is 0. The Labute approximate surface area is 187 Å². The number of methoxy groups -OCH3 is 1. The van der Waals surface area contributed by atoms with Crippen LogP contribution in [0.3, 0.4) is 0 Å². The van der Waals surface area contributed by atoms with Gasteiger partial charge in [0.05, 0.1) is 13.3 Å². The number of ether oxygens (including phenoxy) is 3. The number of amides is 2. The molecular formula is C24H27N3O5. The van der Waals surface area contributed by atoms with Crippen LogP contribution < -0.4 is 19.6 Å². The van der Waals surface area contributed by atoms with Gasteiger partial charge in [0.15, 0.2) is 11.5 Å². The summed E-state index contributed by atoms with van der Waals surface area (Å²) in [6.07, 6.45) is 2.96. The first-order chi connectivity index (χ1) is 15.5. The number of hydrogen-bond donors (Lipinski definition) is 1. The van der Waals surface area contributed by atoms with E-state index >= 15 is 0 Å². The van der Waals surface area contributed by atoms with Crippen LogP contribution in [0.1, 0.15) is 36.0 Å². The lowest BCUT2D eigenvalue weighted by Crippen LogP contribution is -2.26. The summed E-state index contributed by atoms with van der Waals surface area (Å²) < 4.78 is 16.7. The van der Waals surface area contributed by atoms with Crippen molar-refractivity contribution < 1.29 is 23.8 Å². The summed E-state index contributed by atoms with van der Waals surface area (Å²) in [6.45, 7) is 2.16. The fourth-order valence-electron chi connectivity index (χ4n) is 3.87. The van der Waals surface area contributed by atoms with Crippen LogP contribution in [0.25, 0.3) is 0 Å². The summed E-state index contributed by atoms with van der Waals surface area (Å²) in [5.74, 6) is 1.64. The van der Waals surface area contributed by atoms with E-state index in [9.17, 15) is 9.59 Å². The van der Waals surface area contributed by atoms with Crippen molar-refractivity contribution in [2.75, 3.05) is 27.5 Å². The van der Waals surface area contributed by atoms with Gasteiger partial charge in [-0.3, -0.25) is 9.59 Å². The van der Waals surface area contributed by atoms with Gasteiger partial charge < -0.3 is 19.1 Å². The van der Waals surface area contributed by atoms with Crippen LogP contribution in [0.4, 0.5) is 0 Å². The van der Waals surface area contributed by atoms with Gasteiger partial charge in [0.25, 0.3) is 0 Å². The first kappa shape index (κ1) is 21.7. The highest BCUT2D eigenvalue weighted by molar-refractivity contribution is 5.90. The largest absolute Gasteiger partial charge is 0.492 e. The normalized spacial score (nSPS) is 18.5. The second-order valence-electron chi connectivity index (χ2n) is 8.00. The summed E-state index contributed by atoms with van der Waals surface area (Å²) in [5, 5.41) is 4.21. The maximum atomic E-state index is 12.6. The highest BCUT2D eigenvalue weighted by Gasteiger charge is 2.43. The molecule has 32 heavy (non-hydrogen) atoms. The van der Waals surface area contributed by atoms with Gasteiger partial charge in [0, 0.05) is 32.0 Å². The van der Waals surface area contributed by atoms with Crippen LogP contribution >= 0.6 is 0 Å². The Morgan fingerprint density at radius 2 is 2.06 bits per heavy atom. The lowest BCUT2D eigenvalue weighted by molar-refractivity contribution is -0.127. The van der Waals surface area contributed by atoms with Crippen molar-refractivity contribution in [2.45, 2.75) is 25.7 Å². The van der Waals surface area contributed by atoms with Gasteiger partial charge in [0.1, 0.15) is 0 Å². The van der Waals surface area contributed by atoms with Crippen LogP contribution in [0.2, 0.25) is 0 Å². The molecule has 0 saturated heterocycles. The Morgan fingerprint density at radius 1 is 1.28 bits per heavy atom. The van der Waals surface area contributed by atoms with Gasteiger partial charge in [-0.15, -0.1) is 0 Å². The number of rotatable bonds is 8. The van der Waals surface area contributed by atoms with E-state index < -0.39 is 0 Å². The molecule has 1 saturated carbocycles. The smallest absolute Gasteiger partial charge is 0.243 e. The van der Waals surface area contributed by atoms with E-state index in [1.54, 1.807) is 25.3 Å². The number of likely N-dealkylation sites (N-methyl/N-ethyl adjacent to an activating group) is 1. The third kappa shape index (κ3) is 4.54. The number of fused-ring (bicyclic) bond motifs is 1. The molecular weight excluding hydrogens is 410 g/mol. The summed E-state index contributed by atoms with van der Waals surface area (Å²) in [5.41, 5.74) is 5.40. The summed E-state index contributed by atoms with van der Waals surface area (Å²) in [4.78, 5) is 25.8. The quantitative estimate of drug-likeness (QED) is 0.507. The predicted octanol–water partition coefficient (Wildman–Crippen LogP) is 2.70. The van der Waals surface area contributed by atoms with Crippen LogP contribution in [0, 0.1) is 5.92 Å². The second-order valence-corrected chi connectivity index (χ2v) is 8.00. The van der Waals surface area contributed by atoms with Gasteiger partial charge in [0.2, 0.25) is 24.4 Å². The van der Waals surface area contributed by atoms with Crippen molar-refractivity contribution in [1.29, 1.82) is 0 Å². The fraction of sp³-hybridized carbons (Fsp3) is 0.375. The SMILES string of the molecule is COc1c(/C=N/NC(=O)[C@H]2C[C@@H]2c2ccccc2)c(CCN(C)C(C)=O)cc2c1OCO2. The molecule has 0 radical (unpaired) electrons. The Kier molecular flexibility index (Phi) is 6.30. The molecule has 0 unspecified atom stereocenters. The van der Waals surface area contributed by atoms with Crippen LogP contribution in [-0.4, -0.2) is 50.4 Å². The maximum Gasteiger partial charge on any atom is 0.243 e. The van der Waals surface area contributed by atoms with E-state index in [-0.39, 0.29) is 30.4 Å². The first-order valence-corrected chi connectivity index (χ1v) is 10.6. The third-order valence-corrected chi connectivity index (χ3v) is 5.93. The van der Waals surface area contributed by atoms with Crippen molar-refractivity contribution in [2.24, 2.45) is 11.0 Å². The lowest BCUT2D eigenvalue weighted by atomic mass is 10.0. The zero-order chi connectivity index (χ0) is 22.7. The van der Waals surface area contributed by atoms with Crippen LogP contribution in [0.15, 0.2) is 41.5 Å². The number of carbonyl (C=O) groups is 2. The standard InChI is InChI=1S/C24H27N3O5/c1-15(28)27(2)10-9-17-11-21-23(32-14-31-21)22(30-3)20(17)13-25-26-24(29)19-12-18(19)16-7-5-4-6-8-16/h4-8,11,13,18-19H,9-10,12,14H2,1-3H3,(H,26,29)/b25-13+/t18-,19+/m1/s1. The molecule has 1 N–H and O–H groups in total. The monoisotopic (exact) mass is 437 g/mol. The second kappa shape index (κ2) is 9.30. The van der Waals surface area contributed by atoms with E-state index in [0.717, 1.165) is 12.0 Å². The lowest BCUT2D eigenvalue weighted by Gasteiger charge is -2.17.